The number of nitrogens with zero attached hydrogens (tertiary/aromatic N) is 1. The van der Waals surface area contributed by atoms with Crippen molar-refractivity contribution in [3.8, 4) is 12.3 Å². The molecule has 0 spiro atoms. The third kappa shape index (κ3) is 7.47. The van der Waals surface area contributed by atoms with Crippen LogP contribution < -0.4 is 5.32 Å². The molecule has 0 saturated heterocycles. The third-order valence-electron chi connectivity index (χ3n) is 3.04. The summed E-state index contributed by atoms with van der Waals surface area (Å²) in [6, 6.07) is 0. The molecule has 0 rings (SSSR count). The Morgan fingerprint density at radius 2 is 2.00 bits per heavy atom. The highest BCUT2D eigenvalue weighted by molar-refractivity contribution is 5.83. The van der Waals surface area contributed by atoms with Crippen LogP contribution in [-0.4, -0.2) is 50.1 Å². The smallest absolute Gasteiger partial charge is 0.325 e. The first kappa shape index (κ1) is 17.5. The molecule has 0 aromatic rings. The Morgan fingerprint density at radius 1 is 1.37 bits per heavy atom. The number of carbonyl (C=O) groups is 2. The van der Waals surface area contributed by atoms with Gasteiger partial charge in [-0.05, 0) is 5.92 Å². The summed E-state index contributed by atoms with van der Waals surface area (Å²) in [6.45, 7) is 5.18. The summed E-state index contributed by atoms with van der Waals surface area (Å²) in [7, 11) is 1.32. The van der Waals surface area contributed by atoms with Gasteiger partial charge in [0.05, 0.1) is 20.2 Å². The van der Waals surface area contributed by atoms with Gasteiger partial charge in [-0.25, -0.2) is 0 Å². The molecule has 0 aromatic carbocycles. The van der Waals surface area contributed by atoms with E-state index in [0.29, 0.717) is 19.0 Å². The molecule has 0 unspecified atom stereocenters. The van der Waals surface area contributed by atoms with Crippen molar-refractivity contribution in [2.45, 2.75) is 26.7 Å². The van der Waals surface area contributed by atoms with Gasteiger partial charge in [-0.1, -0.05) is 32.6 Å². The number of ether oxygens (including phenoxy) is 1. The number of methoxy groups -OCH3 is 1. The van der Waals surface area contributed by atoms with Gasteiger partial charge >= 0.3 is 5.97 Å². The lowest BCUT2D eigenvalue weighted by atomic mass is 10.0. The fraction of sp³-hybridized carbons (Fsp3) is 0.714. The second-order valence-electron chi connectivity index (χ2n) is 4.34. The summed E-state index contributed by atoms with van der Waals surface area (Å²) < 4.78 is 4.62. The molecule has 0 aliphatic heterocycles. The zero-order valence-electron chi connectivity index (χ0n) is 12.1. The highest BCUT2D eigenvalue weighted by Crippen LogP contribution is 2.10. The minimum absolute atomic E-state index is 0.0104. The molecule has 1 N–H and O–H groups in total. The number of rotatable bonds is 9. The molecule has 0 aliphatic rings. The molecule has 108 valence electrons. The molecule has 5 nitrogen and oxygen atoms in total. The van der Waals surface area contributed by atoms with Gasteiger partial charge in [-0.15, -0.1) is 6.42 Å². The predicted molar refractivity (Wildman–Crippen MR) is 74.4 cm³/mol. The van der Waals surface area contributed by atoms with Crippen molar-refractivity contribution in [1.29, 1.82) is 0 Å². The summed E-state index contributed by atoms with van der Waals surface area (Å²) in [5, 5.41) is 2.84. The topological polar surface area (TPSA) is 58.6 Å². The molecular weight excluding hydrogens is 244 g/mol. The molecule has 0 heterocycles. The Hall–Kier alpha value is -1.54. The van der Waals surface area contributed by atoms with Gasteiger partial charge in [-0.2, -0.15) is 0 Å². The number of esters is 1. The van der Waals surface area contributed by atoms with E-state index in [9.17, 15) is 9.59 Å². The predicted octanol–water partition coefficient (Wildman–Crippen LogP) is 0.647. The van der Waals surface area contributed by atoms with E-state index in [-0.39, 0.29) is 19.0 Å². The average Bonchev–Trinajstić information content (AvgIpc) is 2.43. The third-order valence-corrected chi connectivity index (χ3v) is 3.04. The number of hydrogen-bond donors (Lipinski definition) is 1. The quantitative estimate of drug-likeness (QED) is 0.379. The summed E-state index contributed by atoms with van der Waals surface area (Å²) >= 11 is 0. The monoisotopic (exact) mass is 268 g/mol. The van der Waals surface area contributed by atoms with Gasteiger partial charge in [0, 0.05) is 6.54 Å². The minimum atomic E-state index is -0.406. The Labute approximate surface area is 115 Å². The molecule has 19 heavy (non-hydrogen) atoms. The molecule has 1 amide bonds. The molecule has 0 atom stereocenters. The highest BCUT2D eigenvalue weighted by Gasteiger charge is 2.19. The maximum Gasteiger partial charge on any atom is 0.325 e. The number of nitrogens with one attached hydrogen (secondary N) is 1. The Bertz CT molecular complexity index is 319. The van der Waals surface area contributed by atoms with Crippen LogP contribution in [0, 0.1) is 18.3 Å². The zero-order valence-corrected chi connectivity index (χ0v) is 12.1. The van der Waals surface area contributed by atoms with Gasteiger partial charge in [0.1, 0.15) is 6.54 Å². The Kier molecular flexibility index (Phi) is 9.55. The van der Waals surface area contributed by atoms with Gasteiger partial charge in [0.15, 0.2) is 0 Å². The second kappa shape index (κ2) is 10.4. The van der Waals surface area contributed by atoms with Crippen molar-refractivity contribution >= 4 is 11.9 Å². The first-order valence-corrected chi connectivity index (χ1v) is 6.57. The van der Waals surface area contributed by atoms with Crippen LogP contribution in [0.4, 0.5) is 0 Å². The van der Waals surface area contributed by atoms with E-state index in [0.717, 1.165) is 12.8 Å². The maximum atomic E-state index is 12.0. The van der Waals surface area contributed by atoms with Crippen LogP contribution in [0.5, 0.6) is 0 Å². The van der Waals surface area contributed by atoms with Gasteiger partial charge in [-0.3, -0.25) is 14.9 Å². The molecule has 0 aliphatic carbocycles. The number of carbonyl (C=O) groups excluding carboxylic acids is 2. The fourth-order valence-corrected chi connectivity index (χ4v) is 1.69. The lowest BCUT2D eigenvalue weighted by molar-refractivity contribution is -0.147. The zero-order chi connectivity index (χ0) is 14.7. The number of amides is 1. The van der Waals surface area contributed by atoms with E-state index in [4.69, 9.17) is 6.42 Å². The average molecular weight is 268 g/mol. The van der Waals surface area contributed by atoms with Crippen molar-refractivity contribution in [3.05, 3.63) is 0 Å². The fourth-order valence-electron chi connectivity index (χ4n) is 1.69. The number of hydrogen-bond acceptors (Lipinski definition) is 4. The van der Waals surface area contributed by atoms with E-state index in [2.05, 4.69) is 29.8 Å². The van der Waals surface area contributed by atoms with Crippen LogP contribution in [0.25, 0.3) is 0 Å². The van der Waals surface area contributed by atoms with Crippen molar-refractivity contribution < 1.29 is 14.3 Å². The van der Waals surface area contributed by atoms with E-state index >= 15 is 0 Å². The minimum Gasteiger partial charge on any atom is -0.468 e. The summed E-state index contributed by atoms with van der Waals surface area (Å²) in [5.74, 6) is 2.26. The summed E-state index contributed by atoms with van der Waals surface area (Å²) in [6.07, 6.45) is 7.05. The van der Waals surface area contributed by atoms with Crippen LogP contribution in [0.2, 0.25) is 0 Å². The summed E-state index contributed by atoms with van der Waals surface area (Å²) in [5.41, 5.74) is 0. The first-order valence-electron chi connectivity index (χ1n) is 6.57. The molecule has 0 fully saturated rings. The van der Waals surface area contributed by atoms with Crippen LogP contribution in [0.15, 0.2) is 0 Å². The van der Waals surface area contributed by atoms with Crippen molar-refractivity contribution in [3.63, 3.8) is 0 Å². The van der Waals surface area contributed by atoms with Crippen LogP contribution in [0.1, 0.15) is 26.7 Å². The Balaban J connectivity index is 4.51. The van der Waals surface area contributed by atoms with Crippen LogP contribution in [0.3, 0.4) is 0 Å². The molecule has 0 aromatic heterocycles. The lowest BCUT2D eigenvalue weighted by Crippen LogP contribution is -2.43. The van der Waals surface area contributed by atoms with E-state index in [1.807, 2.05) is 0 Å². The molecule has 0 bridgehead atoms. The maximum absolute atomic E-state index is 12.0. The standard InChI is InChI=1S/C14H24N2O3/c1-5-8-15-9-13(17)16(11-14(18)19-4)10-12(6-2)7-3/h1,12,15H,6-11H2,2-4H3. The van der Waals surface area contributed by atoms with Gasteiger partial charge in [0.2, 0.25) is 5.91 Å². The van der Waals surface area contributed by atoms with Crippen LogP contribution >= 0.6 is 0 Å². The lowest BCUT2D eigenvalue weighted by Gasteiger charge is -2.25. The first-order chi connectivity index (χ1) is 9.08. The highest BCUT2D eigenvalue weighted by atomic mass is 16.5. The normalized spacial score (nSPS) is 10.1. The van der Waals surface area contributed by atoms with Crippen LogP contribution in [-0.2, 0) is 14.3 Å². The van der Waals surface area contributed by atoms with Crippen molar-refractivity contribution in [2.75, 3.05) is 33.3 Å². The molecular formula is C14H24N2O3. The number of terminal acetylenes is 1. The second-order valence-corrected chi connectivity index (χ2v) is 4.34. The van der Waals surface area contributed by atoms with Gasteiger partial charge in [0.25, 0.3) is 0 Å². The van der Waals surface area contributed by atoms with Crippen molar-refractivity contribution in [2.24, 2.45) is 5.92 Å². The summed E-state index contributed by atoms with van der Waals surface area (Å²) in [4.78, 5) is 24.9. The SMILES string of the molecule is C#CCNCC(=O)N(CC(=O)OC)CC(CC)CC. The van der Waals surface area contributed by atoms with E-state index < -0.39 is 5.97 Å². The van der Waals surface area contributed by atoms with E-state index in [1.165, 1.54) is 12.0 Å². The Morgan fingerprint density at radius 3 is 2.47 bits per heavy atom. The van der Waals surface area contributed by atoms with Crippen molar-refractivity contribution in [1.82, 2.24) is 10.2 Å². The molecule has 0 radical (unpaired) electrons. The van der Waals surface area contributed by atoms with E-state index in [1.54, 1.807) is 0 Å². The van der Waals surface area contributed by atoms with Gasteiger partial charge < -0.3 is 9.64 Å². The molecule has 5 heteroatoms. The largest absolute Gasteiger partial charge is 0.468 e. The molecule has 0 saturated carbocycles.